The van der Waals surface area contributed by atoms with Gasteiger partial charge in [0.05, 0.1) is 6.61 Å². The van der Waals surface area contributed by atoms with E-state index in [9.17, 15) is 35.9 Å². The Morgan fingerprint density at radius 1 is 0.732 bits per heavy atom. The maximum atomic E-state index is 13.5. The highest BCUT2D eigenvalue weighted by Crippen LogP contribution is 2.55. The second-order valence-electron chi connectivity index (χ2n) is 11.4. The number of carbonyl (C=O) groups is 2. The summed E-state index contributed by atoms with van der Waals surface area (Å²) in [6.45, 7) is 0.948. The molecule has 0 bridgehead atoms. The molecule has 0 N–H and O–H groups in total. The maximum Gasteiger partial charge on any atom is 0.404 e. The fourth-order valence-electron chi connectivity index (χ4n) is 5.77. The summed E-state index contributed by atoms with van der Waals surface area (Å²) in [5.74, 6) is -1.29. The standard InChI is InChI=1S/C30H31F6NO4/c31-29(32,33)27(13-1-14-27)25(38)37-17-11-20(12-18-37)19-40-23-7-3-21(4-8-23)22-5-9-24(10-6-22)41-26(39)28(15-2-16-28)30(34,35)36/h3-10,20H,1-2,11-19H2. The summed E-state index contributed by atoms with van der Waals surface area (Å²) in [7, 11) is 0. The maximum absolute atomic E-state index is 13.5. The number of alkyl halides is 6. The van der Waals surface area contributed by atoms with Gasteiger partial charge >= 0.3 is 18.3 Å². The topological polar surface area (TPSA) is 55.8 Å². The van der Waals surface area contributed by atoms with Gasteiger partial charge in [0.1, 0.15) is 16.9 Å². The van der Waals surface area contributed by atoms with Gasteiger partial charge in [0.25, 0.3) is 0 Å². The molecule has 0 unspecified atom stereocenters. The van der Waals surface area contributed by atoms with Crippen LogP contribution in [-0.4, -0.2) is 48.8 Å². The Hall–Kier alpha value is -3.24. The number of rotatable bonds is 7. The molecule has 1 amide bonds. The van der Waals surface area contributed by atoms with Crippen molar-refractivity contribution in [3.05, 3.63) is 48.5 Å². The minimum atomic E-state index is -4.64. The zero-order chi connectivity index (χ0) is 29.5. The Bertz CT molecular complexity index is 1240. The van der Waals surface area contributed by atoms with Crippen LogP contribution in [0.3, 0.4) is 0 Å². The van der Waals surface area contributed by atoms with Crippen molar-refractivity contribution in [1.29, 1.82) is 0 Å². The molecule has 2 aromatic rings. The summed E-state index contributed by atoms with van der Waals surface area (Å²) >= 11 is 0. The molecule has 11 heteroatoms. The van der Waals surface area contributed by atoms with Gasteiger partial charge in [-0.05, 0) is 79.8 Å². The molecule has 3 aliphatic rings. The zero-order valence-electron chi connectivity index (χ0n) is 22.3. The molecule has 5 nitrogen and oxygen atoms in total. The fraction of sp³-hybridized carbons (Fsp3) is 0.533. The molecule has 2 saturated carbocycles. The van der Waals surface area contributed by atoms with Crippen LogP contribution in [0.5, 0.6) is 11.5 Å². The van der Waals surface area contributed by atoms with E-state index in [0.29, 0.717) is 38.0 Å². The summed E-state index contributed by atoms with van der Waals surface area (Å²) in [5.41, 5.74) is -3.02. The summed E-state index contributed by atoms with van der Waals surface area (Å²) in [5, 5.41) is 0. The molecule has 5 rings (SSSR count). The molecule has 1 aliphatic heterocycles. The van der Waals surface area contributed by atoms with Gasteiger partial charge in [-0.1, -0.05) is 37.1 Å². The number of likely N-dealkylation sites (tertiary alicyclic amines) is 1. The third kappa shape index (κ3) is 5.51. The molecule has 2 aliphatic carbocycles. The molecule has 41 heavy (non-hydrogen) atoms. The minimum absolute atomic E-state index is 0.0447. The average molecular weight is 584 g/mol. The van der Waals surface area contributed by atoms with Crippen LogP contribution in [0.2, 0.25) is 0 Å². The van der Waals surface area contributed by atoms with E-state index in [0.717, 1.165) is 11.1 Å². The molecule has 3 fully saturated rings. The van der Waals surface area contributed by atoms with E-state index in [1.165, 1.54) is 17.0 Å². The van der Waals surface area contributed by atoms with E-state index in [4.69, 9.17) is 9.47 Å². The molecule has 0 radical (unpaired) electrons. The van der Waals surface area contributed by atoms with E-state index in [-0.39, 0.29) is 50.4 Å². The number of amides is 1. The summed E-state index contributed by atoms with van der Waals surface area (Å²) in [6.07, 6.45) is -8.05. The van der Waals surface area contributed by atoms with Crippen molar-refractivity contribution in [2.75, 3.05) is 19.7 Å². The van der Waals surface area contributed by atoms with E-state index < -0.39 is 35.1 Å². The number of hydrogen-bond acceptors (Lipinski definition) is 4. The van der Waals surface area contributed by atoms with Crippen LogP contribution >= 0.6 is 0 Å². The third-order valence-electron chi connectivity index (χ3n) is 8.94. The van der Waals surface area contributed by atoms with Crippen LogP contribution in [0, 0.1) is 16.7 Å². The smallest absolute Gasteiger partial charge is 0.404 e. The number of benzene rings is 2. The molecular weight excluding hydrogens is 552 g/mol. The van der Waals surface area contributed by atoms with Crippen LogP contribution in [-0.2, 0) is 9.59 Å². The van der Waals surface area contributed by atoms with E-state index in [1.807, 2.05) is 12.1 Å². The van der Waals surface area contributed by atoms with Gasteiger partial charge in [0.2, 0.25) is 5.91 Å². The summed E-state index contributed by atoms with van der Waals surface area (Å²) in [4.78, 5) is 26.3. The monoisotopic (exact) mass is 583 g/mol. The molecule has 222 valence electrons. The van der Waals surface area contributed by atoms with E-state index >= 15 is 0 Å². The molecule has 0 aromatic heterocycles. The van der Waals surface area contributed by atoms with Gasteiger partial charge in [0.15, 0.2) is 5.41 Å². The lowest BCUT2D eigenvalue weighted by Crippen LogP contribution is -2.57. The lowest BCUT2D eigenvalue weighted by molar-refractivity contribution is -0.251. The van der Waals surface area contributed by atoms with Gasteiger partial charge in [-0.25, -0.2) is 0 Å². The number of hydrogen-bond donors (Lipinski definition) is 0. The number of esters is 1. The predicted molar refractivity (Wildman–Crippen MR) is 137 cm³/mol. The Morgan fingerprint density at radius 3 is 1.61 bits per heavy atom. The molecule has 1 heterocycles. The van der Waals surface area contributed by atoms with Crippen LogP contribution in [0.1, 0.15) is 51.4 Å². The van der Waals surface area contributed by atoms with Crippen molar-refractivity contribution >= 4 is 11.9 Å². The van der Waals surface area contributed by atoms with Crippen LogP contribution < -0.4 is 9.47 Å². The normalized spacial score (nSPS) is 20.5. The lowest BCUT2D eigenvalue weighted by Gasteiger charge is -2.45. The molecule has 0 spiro atoms. The lowest BCUT2D eigenvalue weighted by atomic mass is 9.67. The van der Waals surface area contributed by atoms with Crippen molar-refractivity contribution in [3.63, 3.8) is 0 Å². The third-order valence-corrected chi connectivity index (χ3v) is 8.94. The number of halogens is 6. The minimum Gasteiger partial charge on any atom is -0.493 e. The average Bonchev–Trinajstić information content (AvgIpc) is 2.85. The highest BCUT2D eigenvalue weighted by molar-refractivity contribution is 5.84. The Kier molecular flexibility index (Phi) is 7.76. The number of ether oxygens (including phenoxy) is 2. The van der Waals surface area contributed by atoms with Crippen molar-refractivity contribution in [1.82, 2.24) is 4.90 Å². The Morgan fingerprint density at radius 2 is 1.20 bits per heavy atom. The Balaban J connectivity index is 1.10. The first-order chi connectivity index (χ1) is 19.3. The van der Waals surface area contributed by atoms with Gasteiger partial charge < -0.3 is 14.4 Å². The molecule has 2 aromatic carbocycles. The first-order valence-corrected chi connectivity index (χ1v) is 13.8. The predicted octanol–water partition coefficient (Wildman–Crippen LogP) is 7.34. The molecule has 1 saturated heterocycles. The van der Waals surface area contributed by atoms with Crippen LogP contribution in [0.15, 0.2) is 48.5 Å². The van der Waals surface area contributed by atoms with Crippen molar-refractivity contribution in [2.24, 2.45) is 16.7 Å². The van der Waals surface area contributed by atoms with Crippen LogP contribution in [0.4, 0.5) is 26.3 Å². The van der Waals surface area contributed by atoms with Gasteiger partial charge in [-0.15, -0.1) is 0 Å². The van der Waals surface area contributed by atoms with Gasteiger partial charge in [0, 0.05) is 13.1 Å². The summed E-state index contributed by atoms with van der Waals surface area (Å²) < 4.78 is 91.6. The summed E-state index contributed by atoms with van der Waals surface area (Å²) in [6, 6.07) is 13.4. The second-order valence-corrected chi connectivity index (χ2v) is 11.4. The van der Waals surface area contributed by atoms with E-state index in [1.54, 1.807) is 24.3 Å². The zero-order valence-corrected chi connectivity index (χ0v) is 22.3. The van der Waals surface area contributed by atoms with Gasteiger partial charge in [-0.3, -0.25) is 9.59 Å². The molecular formula is C30H31F6NO4. The highest BCUT2D eigenvalue weighted by atomic mass is 19.4. The quantitative estimate of drug-likeness (QED) is 0.195. The fourth-order valence-corrected chi connectivity index (χ4v) is 5.77. The molecule has 0 atom stereocenters. The first kappa shape index (κ1) is 29.3. The Labute approximate surface area is 233 Å². The first-order valence-electron chi connectivity index (χ1n) is 13.8. The SMILES string of the molecule is O=C(Oc1ccc(-c2ccc(OCC3CCN(C(=O)C4(C(F)(F)F)CCC4)CC3)cc2)cc1)C1(C(F)(F)F)CCC1. The van der Waals surface area contributed by atoms with Crippen LogP contribution in [0.25, 0.3) is 11.1 Å². The van der Waals surface area contributed by atoms with Gasteiger partial charge in [-0.2, -0.15) is 26.3 Å². The van der Waals surface area contributed by atoms with Crippen molar-refractivity contribution in [3.8, 4) is 22.6 Å². The second kappa shape index (κ2) is 10.9. The van der Waals surface area contributed by atoms with E-state index in [2.05, 4.69) is 0 Å². The highest BCUT2D eigenvalue weighted by Gasteiger charge is 2.65. The van der Waals surface area contributed by atoms with Crippen molar-refractivity contribution < 1.29 is 45.4 Å². The largest absolute Gasteiger partial charge is 0.493 e. The number of nitrogens with zero attached hydrogens (tertiary/aromatic N) is 1. The number of piperidine rings is 1. The number of carbonyl (C=O) groups excluding carboxylic acids is 2. The van der Waals surface area contributed by atoms with Crippen molar-refractivity contribution in [2.45, 2.75) is 63.7 Å².